The molecule has 1 rings (SSSR count). The molecule has 0 fully saturated rings. The van der Waals surface area contributed by atoms with Gasteiger partial charge in [-0.2, -0.15) is 5.26 Å². The first kappa shape index (κ1) is 10.7. The maximum absolute atomic E-state index is 12.5. The lowest BCUT2D eigenvalue weighted by atomic mass is 10.1. The smallest absolute Gasteiger partial charge is 0.268 e. The van der Waals surface area contributed by atoms with Gasteiger partial charge in [-0.1, -0.05) is 11.6 Å². The summed E-state index contributed by atoms with van der Waals surface area (Å²) in [5, 5.41) is 8.38. The van der Waals surface area contributed by atoms with Crippen LogP contribution in [0, 0.1) is 11.3 Å². The quantitative estimate of drug-likeness (QED) is 0.717. The Morgan fingerprint density at radius 1 is 1.64 bits per heavy atom. The number of pyridine rings is 1. The molecule has 1 heterocycles. The zero-order valence-electron chi connectivity index (χ0n) is 7.09. The molecule has 0 saturated heterocycles. The van der Waals surface area contributed by atoms with Crippen molar-refractivity contribution in [1.82, 2.24) is 4.98 Å². The van der Waals surface area contributed by atoms with Gasteiger partial charge in [-0.25, -0.2) is 13.8 Å². The van der Waals surface area contributed by atoms with E-state index in [1.165, 1.54) is 7.11 Å². The highest BCUT2D eigenvalue weighted by Crippen LogP contribution is 2.35. The van der Waals surface area contributed by atoms with Gasteiger partial charge in [0.2, 0.25) is 0 Å². The number of hydrogen-bond acceptors (Lipinski definition) is 3. The summed E-state index contributed by atoms with van der Waals surface area (Å²) in [5.41, 5.74) is -0.753. The van der Waals surface area contributed by atoms with Crippen molar-refractivity contribution in [1.29, 1.82) is 5.26 Å². The molecule has 0 N–H and O–H groups in total. The van der Waals surface area contributed by atoms with Crippen LogP contribution in [0.4, 0.5) is 8.78 Å². The van der Waals surface area contributed by atoms with Crippen LogP contribution in [0.5, 0.6) is 5.75 Å². The second-order valence-electron chi connectivity index (χ2n) is 2.32. The van der Waals surface area contributed by atoms with Gasteiger partial charge in [0.05, 0.1) is 18.2 Å². The number of nitrogens with zero attached hydrogens (tertiary/aromatic N) is 2. The van der Waals surface area contributed by atoms with E-state index in [2.05, 4.69) is 9.72 Å². The fourth-order valence-electron chi connectivity index (χ4n) is 0.983. The van der Waals surface area contributed by atoms with Crippen LogP contribution < -0.4 is 4.74 Å². The van der Waals surface area contributed by atoms with E-state index in [4.69, 9.17) is 16.9 Å². The first-order valence-corrected chi connectivity index (χ1v) is 3.90. The summed E-state index contributed by atoms with van der Waals surface area (Å²) in [7, 11) is 1.19. The first-order valence-electron chi connectivity index (χ1n) is 3.52. The van der Waals surface area contributed by atoms with Crippen LogP contribution in [0.3, 0.4) is 0 Å². The van der Waals surface area contributed by atoms with Crippen LogP contribution >= 0.6 is 11.6 Å². The lowest BCUT2D eigenvalue weighted by molar-refractivity contribution is 0.146. The minimum Gasteiger partial charge on any atom is -0.493 e. The molecule has 0 spiro atoms. The molecule has 6 heteroatoms. The Labute approximate surface area is 83.9 Å². The van der Waals surface area contributed by atoms with Gasteiger partial charge < -0.3 is 4.74 Å². The van der Waals surface area contributed by atoms with Crippen molar-refractivity contribution in [2.24, 2.45) is 0 Å². The van der Waals surface area contributed by atoms with Crippen molar-refractivity contribution < 1.29 is 13.5 Å². The van der Waals surface area contributed by atoms with E-state index in [1.807, 2.05) is 0 Å². The largest absolute Gasteiger partial charge is 0.493 e. The topological polar surface area (TPSA) is 45.9 Å². The average Bonchev–Trinajstić information content (AvgIpc) is 2.17. The highest BCUT2D eigenvalue weighted by Gasteiger charge is 2.22. The molecule has 0 aliphatic heterocycles. The number of halogens is 3. The number of rotatable bonds is 2. The predicted molar refractivity (Wildman–Crippen MR) is 45.5 cm³/mol. The molecule has 0 radical (unpaired) electrons. The van der Waals surface area contributed by atoms with E-state index in [-0.39, 0.29) is 16.5 Å². The molecule has 0 aromatic carbocycles. The third-order valence-corrected chi connectivity index (χ3v) is 1.84. The molecule has 0 aliphatic rings. The lowest BCUT2D eigenvalue weighted by Gasteiger charge is -2.09. The van der Waals surface area contributed by atoms with E-state index in [9.17, 15) is 8.78 Å². The molecule has 0 saturated carbocycles. The minimum absolute atomic E-state index is 0.179. The number of aromatic nitrogens is 1. The summed E-state index contributed by atoms with van der Waals surface area (Å²) in [6.45, 7) is 0. The van der Waals surface area contributed by atoms with Gasteiger partial charge >= 0.3 is 0 Å². The number of nitriles is 1. The maximum Gasteiger partial charge on any atom is 0.268 e. The fourth-order valence-corrected chi connectivity index (χ4v) is 1.21. The molecule has 14 heavy (non-hydrogen) atoms. The Bertz CT molecular complexity index is 390. The number of ether oxygens (including phenoxy) is 1. The van der Waals surface area contributed by atoms with E-state index < -0.39 is 12.0 Å². The molecule has 0 amide bonds. The van der Waals surface area contributed by atoms with E-state index >= 15 is 0 Å². The summed E-state index contributed by atoms with van der Waals surface area (Å²) in [6, 6.07) is 1.60. The molecule has 0 atom stereocenters. The van der Waals surface area contributed by atoms with Crippen molar-refractivity contribution in [3.63, 3.8) is 0 Å². The van der Waals surface area contributed by atoms with Crippen molar-refractivity contribution >= 4 is 11.6 Å². The Morgan fingerprint density at radius 3 is 2.71 bits per heavy atom. The fraction of sp³-hybridized carbons (Fsp3) is 0.250. The van der Waals surface area contributed by atoms with Crippen molar-refractivity contribution in [2.45, 2.75) is 6.43 Å². The van der Waals surface area contributed by atoms with E-state index in [1.54, 1.807) is 6.07 Å². The van der Waals surface area contributed by atoms with Crippen molar-refractivity contribution in [3.05, 3.63) is 22.5 Å². The molecule has 0 unspecified atom stereocenters. The normalized spacial score (nSPS) is 10.0. The van der Waals surface area contributed by atoms with Crippen LogP contribution in [0.15, 0.2) is 6.20 Å². The average molecular weight is 219 g/mol. The first-order chi connectivity index (χ1) is 6.61. The van der Waals surface area contributed by atoms with E-state index in [0.29, 0.717) is 0 Å². The van der Waals surface area contributed by atoms with Crippen LogP contribution in [-0.2, 0) is 0 Å². The summed E-state index contributed by atoms with van der Waals surface area (Å²) in [6.07, 6.45) is -1.83. The third-order valence-electron chi connectivity index (χ3n) is 1.57. The molecular weight excluding hydrogens is 214 g/mol. The third kappa shape index (κ3) is 1.75. The summed E-state index contributed by atoms with van der Waals surface area (Å²) in [4.78, 5) is 3.55. The highest BCUT2D eigenvalue weighted by molar-refractivity contribution is 6.31. The van der Waals surface area contributed by atoms with Gasteiger partial charge in [-0.15, -0.1) is 0 Å². The Balaban J connectivity index is 3.46. The number of methoxy groups -OCH3 is 1. The minimum atomic E-state index is -2.82. The molecule has 74 valence electrons. The van der Waals surface area contributed by atoms with Gasteiger partial charge in [0.1, 0.15) is 6.07 Å². The van der Waals surface area contributed by atoms with Crippen LogP contribution in [0.2, 0.25) is 5.15 Å². The van der Waals surface area contributed by atoms with Gasteiger partial charge in [-0.05, 0) is 0 Å². The van der Waals surface area contributed by atoms with Crippen molar-refractivity contribution in [2.75, 3.05) is 7.11 Å². The molecule has 0 aliphatic carbocycles. The predicted octanol–water partition coefficient (Wildman–Crippen LogP) is 2.55. The number of alkyl halides is 2. The molecule has 0 bridgehead atoms. The van der Waals surface area contributed by atoms with E-state index in [0.717, 1.165) is 6.20 Å². The maximum atomic E-state index is 12.5. The van der Waals surface area contributed by atoms with Gasteiger partial charge in [0.25, 0.3) is 6.43 Å². The zero-order chi connectivity index (χ0) is 10.7. The van der Waals surface area contributed by atoms with Gasteiger partial charge in [0, 0.05) is 6.20 Å². The van der Waals surface area contributed by atoms with Crippen molar-refractivity contribution in [3.8, 4) is 11.8 Å². The number of hydrogen-bond donors (Lipinski definition) is 0. The standard InChI is InChI=1S/C8H5ClF2N2O/c1-14-6-5(8(10)11)4(2-12)3-13-7(6)9/h3,8H,1H3. The van der Waals surface area contributed by atoms with Gasteiger partial charge in [0.15, 0.2) is 10.9 Å². The zero-order valence-corrected chi connectivity index (χ0v) is 7.85. The Morgan fingerprint density at radius 2 is 2.29 bits per heavy atom. The summed E-state index contributed by atoms with van der Waals surface area (Å²) in [5.74, 6) is -0.249. The SMILES string of the molecule is COc1c(Cl)ncc(C#N)c1C(F)F. The highest BCUT2D eigenvalue weighted by atomic mass is 35.5. The molecular formula is C8H5ClF2N2O. The summed E-state index contributed by atoms with van der Waals surface area (Å²) < 4.78 is 29.7. The molecule has 1 aromatic rings. The molecule has 3 nitrogen and oxygen atoms in total. The Hall–Kier alpha value is -1.41. The van der Waals surface area contributed by atoms with Gasteiger partial charge in [-0.3, -0.25) is 0 Å². The molecule has 1 aromatic heterocycles. The second kappa shape index (κ2) is 4.20. The second-order valence-corrected chi connectivity index (χ2v) is 2.68. The van der Waals surface area contributed by atoms with Crippen LogP contribution in [0.25, 0.3) is 0 Å². The Kier molecular flexibility index (Phi) is 3.20. The monoisotopic (exact) mass is 218 g/mol. The summed E-state index contributed by atoms with van der Waals surface area (Å²) >= 11 is 5.52. The van der Waals surface area contributed by atoms with Crippen LogP contribution in [0.1, 0.15) is 17.6 Å². The lowest BCUT2D eigenvalue weighted by Crippen LogP contribution is -1.99. The van der Waals surface area contributed by atoms with Crippen LogP contribution in [-0.4, -0.2) is 12.1 Å².